The summed E-state index contributed by atoms with van der Waals surface area (Å²) in [5.41, 5.74) is 5.10. The molecule has 2 rings (SSSR count). The number of hydrogen-bond acceptors (Lipinski definition) is 6. The molecule has 0 atom stereocenters. The summed E-state index contributed by atoms with van der Waals surface area (Å²) >= 11 is 3.27. The number of nitrogens with zero attached hydrogens (tertiary/aromatic N) is 3. The molecule has 1 aromatic carbocycles. The standard InChI is InChI=1S/C12H9BrN4O4/c13-8-3-1-2-4-10(8)21-12-9(17(19)20)5-7(6-15-12)11(14)16-18/h1-6,18H,(H2,14,16). The minimum absolute atomic E-state index is 0.115. The SMILES string of the molecule is N/C(=N/O)c1cnc(Oc2ccccc2Br)c([N+](=O)[O-])c1. The van der Waals surface area contributed by atoms with Gasteiger partial charge in [0.2, 0.25) is 0 Å². The summed E-state index contributed by atoms with van der Waals surface area (Å²) in [4.78, 5) is 14.3. The zero-order valence-electron chi connectivity index (χ0n) is 10.4. The van der Waals surface area contributed by atoms with Gasteiger partial charge in [-0.2, -0.15) is 0 Å². The van der Waals surface area contributed by atoms with Crippen LogP contribution in [0.3, 0.4) is 0 Å². The molecular formula is C12H9BrN4O4. The van der Waals surface area contributed by atoms with Crippen molar-refractivity contribution in [2.45, 2.75) is 0 Å². The van der Waals surface area contributed by atoms with Crippen LogP contribution in [0.4, 0.5) is 5.69 Å². The maximum atomic E-state index is 11.1. The third-order valence-electron chi connectivity index (χ3n) is 2.48. The van der Waals surface area contributed by atoms with Crippen molar-refractivity contribution in [3.8, 4) is 11.6 Å². The van der Waals surface area contributed by atoms with Gasteiger partial charge in [0.1, 0.15) is 5.75 Å². The van der Waals surface area contributed by atoms with Gasteiger partial charge in [-0.25, -0.2) is 4.98 Å². The second-order valence-electron chi connectivity index (χ2n) is 3.82. The van der Waals surface area contributed by atoms with E-state index in [9.17, 15) is 10.1 Å². The highest BCUT2D eigenvalue weighted by molar-refractivity contribution is 9.10. The Morgan fingerprint density at radius 2 is 2.19 bits per heavy atom. The van der Waals surface area contributed by atoms with Crippen LogP contribution in [0.1, 0.15) is 5.56 Å². The Labute approximate surface area is 127 Å². The van der Waals surface area contributed by atoms with Crippen molar-refractivity contribution in [2.24, 2.45) is 10.9 Å². The average Bonchev–Trinajstić information content (AvgIpc) is 2.49. The predicted molar refractivity (Wildman–Crippen MR) is 77.6 cm³/mol. The monoisotopic (exact) mass is 352 g/mol. The van der Waals surface area contributed by atoms with Gasteiger partial charge in [-0.15, -0.1) is 0 Å². The number of halogens is 1. The van der Waals surface area contributed by atoms with Gasteiger partial charge >= 0.3 is 5.69 Å². The quantitative estimate of drug-likeness (QED) is 0.286. The number of benzene rings is 1. The number of hydrogen-bond donors (Lipinski definition) is 2. The fourth-order valence-corrected chi connectivity index (χ4v) is 1.85. The number of pyridine rings is 1. The summed E-state index contributed by atoms with van der Waals surface area (Å²) in [5, 5.41) is 22.4. The lowest BCUT2D eigenvalue weighted by atomic mass is 10.2. The molecule has 1 heterocycles. The molecule has 0 spiro atoms. The third kappa shape index (κ3) is 3.26. The molecule has 3 N–H and O–H groups in total. The Balaban J connectivity index is 2.44. The summed E-state index contributed by atoms with van der Waals surface area (Å²) in [7, 11) is 0. The van der Waals surface area contributed by atoms with Gasteiger partial charge in [0.05, 0.1) is 9.40 Å². The van der Waals surface area contributed by atoms with Crippen LogP contribution in [0.2, 0.25) is 0 Å². The topological polar surface area (TPSA) is 124 Å². The first-order valence-electron chi connectivity index (χ1n) is 5.57. The minimum atomic E-state index is -0.659. The van der Waals surface area contributed by atoms with Crippen molar-refractivity contribution in [2.75, 3.05) is 0 Å². The van der Waals surface area contributed by atoms with Crippen LogP contribution in [-0.4, -0.2) is 21.0 Å². The zero-order valence-corrected chi connectivity index (χ0v) is 12.0. The van der Waals surface area contributed by atoms with Gasteiger partial charge in [0.15, 0.2) is 5.84 Å². The van der Waals surface area contributed by atoms with E-state index in [-0.39, 0.29) is 17.3 Å². The van der Waals surface area contributed by atoms with Crippen LogP contribution >= 0.6 is 15.9 Å². The zero-order chi connectivity index (χ0) is 15.4. The van der Waals surface area contributed by atoms with E-state index in [1.54, 1.807) is 24.3 Å². The lowest BCUT2D eigenvalue weighted by Gasteiger charge is -2.07. The molecular weight excluding hydrogens is 344 g/mol. The van der Waals surface area contributed by atoms with Gasteiger partial charge in [0.25, 0.3) is 5.88 Å². The van der Waals surface area contributed by atoms with Crippen molar-refractivity contribution in [1.82, 2.24) is 4.98 Å². The van der Waals surface area contributed by atoms with Crippen molar-refractivity contribution >= 4 is 27.5 Å². The van der Waals surface area contributed by atoms with E-state index in [1.165, 1.54) is 6.20 Å². The lowest BCUT2D eigenvalue weighted by Crippen LogP contribution is -2.14. The number of nitro groups is 1. The molecule has 8 nitrogen and oxygen atoms in total. The van der Waals surface area contributed by atoms with Gasteiger partial charge in [0, 0.05) is 17.8 Å². The van der Waals surface area contributed by atoms with Gasteiger partial charge in [-0.1, -0.05) is 17.3 Å². The summed E-state index contributed by atoms with van der Waals surface area (Å²) in [5.74, 6) is -0.0934. The summed E-state index contributed by atoms with van der Waals surface area (Å²) in [6.07, 6.45) is 1.22. The molecule has 0 aliphatic rings. The molecule has 0 fully saturated rings. The fraction of sp³-hybridized carbons (Fsp3) is 0. The van der Waals surface area contributed by atoms with E-state index in [1.807, 2.05) is 0 Å². The molecule has 21 heavy (non-hydrogen) atoms. The van der Waals surface area contributed by atoms with Crippen LogP contribution in [0.25, 0.3) is 0 Å². The first-order valence-corrected chi connectivity index (χ1v) is 6.37. The minimum Gasteiger partial charge on any atom is -0.432 e. The van der Waals surface area contributed by atoms with Crippen LogP contribution in [0, 0.1) is 10.1 Å². The predicted octanol–water partition coefficient (Wildman–Crippen LogP) is 2.64. The molecule has 108 valence electrons. The number of para-hydroxylation sites is 1. The van der Waals surface area contributed by atoms with E-state index in [2.05, 4.69) is 26.1 Å². The Hall–Kier alpha value is -2.68. The summed E-state index contributed by atoms with van der Waals surface area (Å²) < 4.78 is 6.05. The van der Waals surface area contributed by atoms with E-state index in [4.69, 9.17) is 15.7 Å². The second kappa shape index (κ2) is 6.18. The Bertz CT molecular complexity index is 720. The Morgan fingerprint density at radius 1 is 1.48 bits per heavy atom. The highest BCUT2D eigenvalue weighted by atomic mass is 79.9. The van der Waals surface area contributed by atoms with Crippen molar-refractivity contribution in [3.63, 3.8) is 0 Å². The highest BCUT2D eigenvalue weighted by Gasteiger charge is 2.20. The van der Waals surface area contributed by atoms with Crippen molar-refractivity contribution in [1.29, 1.82) is 0 Å². The number of oxime groups is 1. The molecule has 0 unspecified atom stereocenters. The van der Waals surface area contributed by atoms with Crippen molar-refractivity contribution < 1.29 is 14.9 Å². The number of aromatic nitrogens is 1. The largest absolute Gasteiger partial charge is 0.432 e. The molecule has 0 bridgehead atoms. The lowest BCUT2D eigenvalue weighted by molar-refractivity contribution is -0.386. The smallest absolute Gasteiger partial charge is 0.332 e. The van der Waals surface area contributed by atoms with Crippen LogP contribution in [-0.2, 0) is 0 Å². The Morgan fingerprint density at radius 3 is 2.81 bits per heavy atom. The number of nitrogens with two attached hydrogens (primary N) is 1. The van der Waals surface area contributed by atoms with Crippen LogP contribution in [0.15, 0.2) is 46.2 Å². The normalized spacial score (nSPS) is 11.2. The van der Waals surface area contributed by atoms with Gasteiger partial charge < -0.3 is 15.7 Å². The van der Waals surface area contributed by atoms with Crippen molar-refractivity contribution in [3.05, 3.63) is 56.7 Å². The number of amidine groups is 1. The highest BCUT2D eigenvalue weighted by Crippen LogP contribution is 2.33. The van der Waals surface area contributed by atoms with E-state index in [0.717, 1.165) is 6.07 Å². The molecule has 0 amide bonds. The average molecular weight is 353 g/mol. The van der Waals surface area contributed by atoms with Crippen LogP contribution in [0.5, 0.6) is 11.6 Å². The first kappa shape index (κ1) is 14.7. The van der Waals surface area contributed by atoms with E-state index in [0.29, 0.717) is 10.2 Å². The van der Waals surface area contributed by atoms with E-state index < -0.39 is 10.6 Å². The maximum absolute atomic E-state index is 11.1. The summed E-state index contributed by atoms with van der Waals surface area (Å²) in [6, 6.07) is 7.98. The third-order valence-corrected chi connectivity index (χ3v) is 3.13. The second-order valence-corrected chi connectivity index (χ2v) is 4.68. The first-order chi connectivity index (χ1) is 10.0. The number of rotatable bonds is 4. The molecule has 0 saturated heterocycles. The van der Waals surface area contributed by atoms with Gasteiger partial charge in [-0.3, -0.25) is 10.1 Å². The Kier molecular flexibility index (Phi) is 4.33. The number of ether oxygens (including phenoxy) is 1. The molecule has 0 aliphatic carbocycles. The fourth-order valence-electron chi connectivity index (χ4n) is 1.48. The molecule has 9 heteroatoms. The van der Waals surface area contributed by atoms with E-state index >= 15 is 0 Å². The molecule has 2 aromatic rings. The molecule has 0 aliphatic heterocycles. The molecule has 0 saturated carbocycles. The molecule has 0 radical (unpaired) electrons. The maximum Gasteiger partial charge on any atom is 0.332 e. The van der Waals surface area contributed by atoms with Crippen LogP contribution < -0.4 is 10.5 Å². The molecule has 1 aromatic heterocycles. The summed E-state index contributed by atoms with van der Waals surface area (Å²) in [6.45, 7) is 0. The van der Waals surface area contributed by atoms with Gasteiger partial charge in [-0.05, 0) is 28.1 Å².